The van der Waals surface area contributed by atoms with Crippen molar-refractivity contribution in [1.82, 2.24) is 4.72 Å². The van der Waals surface area contributed by atoms with E-state index in [1.165, 1.54) is 0 Å². The zero-order chi connectivity index (χ0) is 14.1. The van der Waals surface area contributed by atoms with Crippen LogP contribution < -0.4 is 4.72 Å². The van der Waals surface area contributed by atoms with Gasteiger partial charge in [-0.3, -0.25) is 0 Å². The predicted molar refractivity (Wildman–Crippen MR) is 84.8 cm³/mol. The van der Waals surface area contributed by atoms with Gasteiger partial charge in [0.25, 0.3) is 0 Å². The molecule has 0 aliphatic carbocycles. The second kappa shape index (κ2) is 5.91. The molecule has 0 saturated carbocycles. The topological polar surface area (TPSA) is 46.2 Å². The Morgan fingerprint density at radius 3 is 2.28 bits per heavy atom. The Balaban J connectivity index is 3.26. The fourth-order valence-electron chi connectivity index (χ4n) is 1.28. The molecule has 1 rings (SSSR count). The summed E-state index contributed by atoms with van der Waals surface area (Å²) in [7, 11) is -3.56. The Labute approximate surface area is 133 Å². The maximum absolute atomic E-state index is 12.3. The second-order valence-corrected chi connectivity index (χ2v) is 8.58. The van der Waals surface area contributed by atoms with Crippen LogP contribution in [0.15, 0.2) is 26.0 Å². The highest BCUT2D eigenvalue weighted by Gasteiger charge is 2.27. The molecule has 1 aromatic rings. The molecule has 18 heavy (non-hydrogen) atoms. The molecule has 0 unspecified atom stereocenters. The van der Waals surface area contributed by atoms with E-state index >= 15 is 0 Å². The van der Waals surface area contributed by atoms with Gasteiger partial charge >= 0.3 is 0 Å². The number of hydrogen-bond donors (Lipinski definition) is 1. The van der Waals surface area contributed by atoms with E-state index in [0.717, 1.165) is 10.0 Å². The standard InChI is InChI=1S/C11H14Br3NO2S/c1-7-4-9(14)10(5-8(7)13)18(16,17)15-11(2,3)6-12/h4-5,15H,6H2,1-3H3. The Morgan fingerprint density at radius 1 is 1.22 bits per heavy atom. The first-order chi connectivity index (χ1) is 8.09. The molecule has 0 radical (unpaired) electrons. The summed E-state index contributed by atoms with van der Waals surface area (Å²) in [4.78, 5) is 0.231. The van der Waals surface area contributed by atoms with Crippen LogP contribution in [0.5, 0.6) is 0 Å². The normalized spacial score (nSPS) is 12.8. The molecule has 7 heteroatoms. The van der Waals surface area contributed by atoms with Crippen molar-refractivity contribution in [2.24, 2.45) is 0 Å². The molecule has 0 heterocycles. The van der Waals surface area contributed by atoms with E-state index in [4.69, 9.17) is 0 Å². The molecule has 0 amide bonds. The molecule has 0 spiro atoms. The molecular formula is C11H14Br3NO2S. The van der Waals surface area contributed by atoms with Gasteiger partial charge in [-0.05, 0) is 54.4 Å². The summed E-state index contributed by atoms with van der Waals surface area (Å²) < 4.78 is 28.6. The van der Waals surface area contributed by atoms with Crippen LogP contribution in [0.2, 0.25) is 0 Å². The van der Waals surface area contributed by atoms with E-state index in [2.05, 4.69) is 52.5 Å². The van der Waals surface area contributed by atoms with Crippen molar-refractivity contribution < 1.29 is 8.42 Å². The number of nitrogens with one attached hydrogen (secondary N) is 1. The van der Waals surface area contributed by atoms with Gasteiger partial charge in [-0.25, -0.2) is 13.1 Å². The third-order valence-corrected chi connectivity index (χ3v) is 7.16. The van der Waals surface area contributed by atoms with Gasteiger partial charge in [0.05, 0.1) is 4.90 Å². The lowest BCUT2D eigenvalue weighted by Gasteiger charge is -2.23. The van der Waals surface area contributed by atoms with Crippen LogP contribution in [0.3, 0.4) is 0 Å². The van der Waals surface area contributed by atoms with Crippen molar-refractivity contribution in [1.29, 1.82) is 0 Å². The van der Waals surface area contributed by atoms with Gasteiger partial charge in [0.2, 0.25) is 10.0 Å². The minimum Gasteiger partial charge on any atom is -0.207 e. The van der Waals surface area contributed by atoms with Crippen molar-refractivity contribution in [3.8, 4) is 0 Å². The van der Waals surface area contributed by atoms with Crippen molar-refractivity contribution in [2.75, 3.05) is 5.33 Å². The first-order valence-electron chi connectivity index (χ1n) is 5.15. The summed E-state index contributed by atoms with van der Waals surface area (Å²) in [5, 5.41) is 0.532. The maximum atomic E-state index is 12.3. The number of benzene rings is 1. The summed E-state index contributed by atoms with van der Waals surface area (Å²) in [6.07, 6.45) is 0. The zero-order valence-electron chi connectivity index (χ0n) is 10.2. The van der Waals surface area contributed by atoms with Crippen molar-refractivity contribution >= 4 is 57.8 Å². The highest BCUT2D eigenvalue weighted by molar-refractivity contribution is 9.11. The van der Waals surface area contributed by atoms with Crippen LogP contribution in [0, 0.1) is 6.92 Å². The molecule has 0 fully saturated rings. The fraction of sp³-hybridized carbons (Fsp3) is 0.455. The molecule has 0 saturated heterocycles. The number of sulfonamides is 1. The highest BCUT2D eigenvalue weighted by atomic mass is 79.9. The van der Waals surface area contributed by atoms with Crippen LogP contribution in [-0.4, -0.2) is 19.3 Å². The number of hydrogen-bond acceptors (Lipinski definition) is 2. The predicted octanol–water partition coefficient (Wildman–Crippen LogP) is 3.97. The summed E-state index contributed by atoms with van der Waals surface area (Å²) in [5.41, 5.74) is 0.427. The van der Waals surface area contributed by atoms with Crippen LogP contribution in [0.1, 0.15) is 19.4 Å². The number of halogens is 3. The molecule has 3 nitrogen and oxygen atoms in total. The van der Waals surface area contributed by atoms with Gasteiger partial charge in [0.1, 0.15) is 0 Å². The molecule has 0 aromatic heterocycles. The van der Waals surface area contributed by atoms with E-state index < -0.39 is 15.6 Å². The minimum absolute atomic E-state index is 0.231. The molecule has 0 aliphatic heterocycles. The second-order valence-electron chi connectivity index (χ2n) is 4.65. The largest absolute Gasteiger partial charge is 0.242 e. The lowest BCUT2D eigenvalue weighted by Crippen LogP contribution is -2.44. The Morgan fingerprint density at radius 2 is 1.78 bits per heavy atom. The van der Waals surface area contributed by atoms with E-state index in [1.54, 1.807) is 12.1 Å². The smallest absolute Gasteiger partial charge is 0.207 e. The van der Waals surface area contributed by atoms with Crippen molar-refractivity contribution in [3.05, 3.63) is 26.6 Å². The van der Waals surface area contributed by atoms with Crippen LogP contribution >= 0.6 is 47.8 Å². The van der Waals surface area contributed by atoms with Gasteiger partial charge in [-0.1, -0.05) is 31.9 Å². The van der Waals surface area contributed by atoms with Crippen LogP contribution in [0.25, 0.3) is 0 Å². The molecule has 1 aromatic carbocycles. The van der Waals surface area contributed by atoms with Gasteiger partial charge in [-0.2, -0.15) is 0 Å². The van der Waals surface area contributed by atoms with E-state index in [-0.39, 0.29) is 4.90 Å². The molecule has 0 bridgehead atoms. The average molecular weight is 464 g/mol. The Hall–Kier alpha value is 0.570. The van der Waals surface area contributed by atoms with E-state index in [9.17, 15) is 8.42 Å². The van der Waals surface area contributed by atoms with Crippen LogP contribution in [-0.2, 0) is 10.0 Å². The summed E-state index contributed by atoms with van der Waals surface area (Å²) in [5.74, 6) is 0. The summed E-state index contributed by atoms with van der Waals surface area (Å²) in [6.45, 7) is 5.54. The quantitative estimate of drug-likeness (QED) is 0.687. The molecule has 0 aliphatic rings. The minimum atomic E-state index is -3.56. The van der Waals surface area contributed by atoms with Gasteiger partial charge in [0.15, 0.2) is 0 Å². The average Bonchev–Trinajstić information content (AvgIpc) is 2.21. The first-order valence-corrected chi connectivity index (χ1v) is 9.34. The summed E-state index contributed by atoms with van der Waals surface area (Å²) in [6, 6.07) is 3.38. The monoisotopic (exact) mass is 461 g/mol. The lowest BCUT2D eigenvalue weighted by molar-refractivity contribution is 0.500. The molecule has 0 atom stereocenters. The van der Waals surface area contributed by atoms with Crippen LogP contribution in [0.4, 0.5) is 0 Å². The first kappa shape index (κ1) is 16.6. The number of aryl methyl sites for hydroxylation is 1. The van der Waals surface area contributed by atoms with Gasteiger partial charge in [-0.15, -0.1) is 0 Å². The zero-order valence-corrected chi connectivity index (χ0v) is 15.8. The maximum Gasteiger partial charge on any atom is 0.242 e. The van der Waals surface area contributed by atoms with Gasteiger partial charge < -0.3 is 0 Å². The highest BCUT2D eigenvalue weighted by Crippen LogP contribution is 2.29. The Kier molecular flexibility index (Phi) is 5.46. The third kappa shape index (κ3) is 4.03. The number of rotatable bonds is 4. The number of alkyl halides is 1. The molecule has 1 N–H and O–H groups in total. The SMILES string of the molecule is Cc1cc(Br)c(S(=O)(=O)NC(C)(C)CBr)cc1Br. The lowest BCUT2D eigenvalue weighted by atomic mass is 10.1. The van der Waals surface area contributed by atoms with Gasteiger partial charge in [0, 0.05) is 19.8 Å². The summed E-state index contributed by atoms with van der Waals surface area (Å²) >= 11 is 9.93. The van der Waals surface area contributed by atoms with E-state index in [0.29, 0.717) is 9.80 Å². The Bertz CT molecular complexity index is 556. The van der Waals surface area contributed by atoms with Crippen molar-refractivity contribution in [3.63, 3.8) is 0 Å². The van der Waals surface area contributed by atoms with Crippen molar-refractivity contribution in [2.45, 2.75) is 31.2 Å². The third-order valence-electron chi connectivity index (χ3n) is 2.25. The van der Waals surface area contributed by atoms with E-state index in [1.807, 2.05) is 20.8 Å². The molecule has 102 valence electrons. The molecular weight excluding hydrogens is 450 g/mol. The fourth-order valence-corrected chi connectivity index (χ4v) is 4.70.